The first-order chi connectivity index (χ1) is 5.84. The highest BCUT2D eigenvalue weighted by Crippen LogP contribution is 2.37. The molecule has 7 heteroatoms. The number of aromatic nitrogens is 1. The van der Waals surface area contributed by atoms with Crippen LogP contribution in [0.5, 0.6) is 0 Å². The molecule has 72 valence electrons. The summed E-state index contributed by atoms with van der Waals surface area (Å²) in [6.07, 6.45) is -3.80. The molecule has 0 bridgehead atoms. The van der Waals surface area contributed by atoms with Gasteiger partial charge in [-0.1, -0.05) is 23.2 Å². The summed E-state index contributed by atoms with van der Waals surface area (Å²) in [4.78, 5) is 3.04. The van der Waals surface area contributed by atoms with E-state index in [1.807, 2.05) is 0 Å². The van der Waals surface area contributed by atoms with Crippen molar-refractivity contribution in [2.45, 2.75) is 6.18 Å². The van der Waals surface area contributed by atoms with E-state index in [1.165, 1.54) is 0 Å². The lowest BCUT2D eigenvalue weighted by Gasteiger charge is -2.09. The van der Waals surface area contributed by atoms with Gasteiger partial charge in [0.15, 0.2) is 5.69 Å². The van der Waals surface area contributed by atoms with Crippen LogP contribution in [0.15, 0.2) is 6.20 Å². The third-order valence-corrected chi connectivity index (χ3v) is 1.96. The first-order valence-electron chi connectivity index (χ1n) is 3.00. The van der Waals surface area contributed by atoms with Crippen LogP contribution in [0.3, 0.4) is 0 Å². The highest BCUT2D eigenvalue weighted by molar-refractivity contribution is 6.39. The fourth-order valence-corrected chi connectivity index (χ4v) is 1.13. The number of hydrogen-bond acceptors (Lipinski definition) is 2. The van der Waals surface area contributed by atoms with E-state index in [2.05, 4.69) is 4.98 Å². The minimum absolute atomic E-state index is 0.0991. The molecule has 1 aromatic rings. The number of nitrogens with zero attached hydrogens (tertiary/aromatic N) is 1. The quantitative estimate of drug-likeness (QED) is 0.745. The first-order valence-corrected chi connectivity index (χ1v) is 3.76. The van der Waals surface area contributed by atoms with Crippen molar-refractivity contribution < 1.29 is 13.2 Å². The second-order valence-electron chi connectivity index (χ2n) is 2.18. The van der Waals surface area contributed by atoms with Gasteiger partial charge in [-0.3, -0.25) is 0 Å². The molecule has 2 N–H and O–H groups in total. The molecule has 0 aliphatic rings. The fraction of sp³-hybridized carbons (Fsp3) is 0.167. The molecule has 0 unspecified atom stereocenters. The highest BCUT2D eigenvalue weighted by Gasteiger charge is 2.36. The van der Waals surface area contributed by atoms with Gasteiger partial charge in [0.1, 0.15) is 0 Å². The van der Waals surface area contributed by atoms with Crippen LogP contribution in [0.4, 0.5) is 18.9 Å². The molecule has 0 radical (unpaired) electrons. The van der Waals surface area contributed by atoms with E-state index in [4.69, 9.17) is 28.9 Å². The number of nitrogen functional groups attached to an aromatic ring is 1. The lowest BCUT2D eigenvalue weighted by Crippen LogP contribution is -2.10. The minimum Gasteiger partial charge on any atom is -0.396 e. The summed E-state index contributed by atoms with van der Waals surface area (Å²) in [5.41, 5.74) is 3.64. The van der Waals surface area contributed by atoms with Crippen LogP contribution < -0.4 is 5.73 Å². The molecule has 1 heterocycles. The third kappa shape index (κ3) is 1.97. The summed E-state index contributed by atoms with van der Waals surface area (Å²) in [5.74, 6) is 0. The summed E-state index contributed by atoms with van der Waals surface area (Å²) in [6, 6.07) is 0. The lowest BCUT2D eigenvalue weighted by atomic mass is 10.3. The fourth-order valence-electron chi connectivity index (χ4n) is 0.677. The van der Waals surface area contributed by atoms with E-state index in [1.54, 1.807) is 0 Å². The largest absolute Gasteiger partial charge is 0.434 e. The van der Waals surface area contributed by atoms with Crippen molar-refractivity contribution in [2.24, 2.45) is 0 Å². The van der Waals surface area contributed by atoms with Gasteiger partial charge < -0.3 is 5.73 Å². The van der Waals surface area contributed by atoms with Crippen LogP contribution in [0.2, 0.25) is 10.0 Å². The van der Waals surface area contributed by atoms with Gasteiger partial charge in [0.25, 0.3) is 0 Å². The zero-order chi connectivity index (χ0) is 10.2. The number of halogens is 5. The molecular formula is C6H3Cl2F3N2. The molecule has 1 rings (SSSR count). The topological polar surface area (TPSA) is 38.9 Å². The maximum Gasteiger partial charge on any atom is 0.434 e. The van der Waals surface area contributed by atoms with Gasteiger partial charge in [-0.2, -0.15) is 13.2 Å². The van der Waals surface area contributed by atoms with E-state index in [0.717, 1.165) is 6.20 Å². The van der Waals surface area contributed by atoms with Crippen molar-refractivity contribution in [3.8, 4) is 0 Å². The Bertz CT molecular complexity index is 337. The number of pyridine rings is 1. The molecule has 0 spiro atoms. The second-order valence-corrected chi connectivity index (χ2v) is 2.97. The summed E-state index contributed by atoms with van der Waals surface area (Å²) in [7, 11) is 0. The summed E-state index contributed by atoms with van der Waals surface area (Å²) in [6.45, 7) is 0. The van der Waals surface area contributed by atoms with E-state index >= 15 is 0 Å². The van der Waals surface area contributed by atoms with Gasteiger partial charge in [0.2, 0.25) is 0 Å². The van der Waals surface area contributed by atoms with Crippen LogP contribution >= 0.6 is 23.2 Å². The molecule has 0 fully saturated rings. The molecule has 1 aromatic heterocycles. The van der Waals surface area contributed by atoms with E-state index in [-0.39, 0.29) is 10.7 Å². The molecule has 0 aliphatic carbocycles. The average Bonchev–Trinajstić information content (AvgIpc) is 1.98. The van der Waals surface area contributed by atoms with E-state index in [9.17, 15) is 13.2 Å². The van der Waals surface area contributed by atoms with Crippen LogP contribution in [0.25, 0.3) is 0 Å². The number of rotatable bonds is 0. The van der Waals surface area contributed by atoms with Gasteiger partial charge in [-0.15, -0.1) is 0 Å². The Morgan fingerprint density at radius 2 is 1.85 bits per heavy atom. The van der Waals surface area contributed by atoms with E-state index in [0.29, 0.717) is 0 Å². The highest BCUT2D eigenvalue weighted by atomic mass is 35.5. The average molecular weight is 231 g/mol. The first kappa shape index (κ1) is 10.4. The molecule has 0 saturated carbocycles. The maximum absolute atomic E-state index is 12.1. The SMILES string of the molecule is Nc1c(Cl)cnc(C(F)(F)F)c1Cl. The molecule has 0 amide bonds. The standard InChI is InChI=1S/C6H3Cl2F3N2/c7-2-1-13-5(6(9,10)11)3(8)4(2)12/h1H,(H2,12,13). The number of anilines is 1. The second kappa shape index (κ2) is 3.23. The number of hydrogen-bond donors (Lipinski definition) is 1. The third-order valence-electron chi connectivity index (χ3n) is 1.28. The Labute approximate surface area is 81.5 Å². The van der Waals surface area contributed by atoms with Crippen LogP contribution in [0.1, 0.15) is 5.69 Å². The normalized spacial score (nSPS) is 11.8. The van der Waals surface area contributed by atoms with Gasteiger partial charge in [0.05, 0.1) is 15.7 Å². The van der Waals surface area contributed by atoms with Crippen molar-refractivity contribution in [2.75, 3.05) is 5.73 Å². The number of nitrogens with two attached hydrogens (primary N) is 1. The summed E-state index contributed by atoms with van der Waals surface area (Å²) in [5, 5.41) is -0.766. The molecule has 0 aliphatic heterocycles. The van der Waals surface area contributed by atoms with Crippen molar-refractivity contribution >= 4 is 28.9 Å². The van der Waals surface area contributed by atoms with Crippen LogP contribution in [-0.4, -0.2) is 4.98 Å². The van der Waals surface area contributed by atoms with Gasteiger partial charge in [-0.05, 0) is 0 Å². The molecule has 0 atom stereocenters. The Morgan fingerprint density at radius 1 is 1.31 bits per heavy atom. The van der Waals surface area contributed by atoms with E-state index < -0.39 is 16.9 Å². The Morgan fingerprint density at radius 3 is 2.31 bits per heavy atom. The lowest BCUT2D eigenvalue weighted by molar-refractivity contribution is -0.141. The molecule has 0 saturated heterocycles. The number of alkyl halides is 3. The predicted molar refractivity (Wildman–Crippen MR) is 43.7 cm³/mol. The zero-order valence-electron chi connectivity index (χ0n) is 5.99. The smallest absolute Gasteiger partial charge is 0.396 e. The van der Waals surface area contributed by atoms with Crippen molar-refractivity contribution in [3.63, 3.8) is 0 Å². The monoisotopic (exact) mass is 230 g/mol. The summed E-state index contributed by atoms with van der Waals surface area (Å²) >= 11 is 10.7. The van der Waals surface area contributed by atoms with Gasteiger partial charge in [0, 0.05) is 6.20 Å². The minimum atomic E-state index is -4.62. The van der Waals surface area contributed by atoms with Crippen LogP contribution in [0, 0.1) is 0 Å². The zero-order valence-corrected chi connectivity index (χ0v) is 7.50. The molecular weight excluding hydrogens is 228 g/mol. The van der Waals surface area contributed by atoms with Gasteiger partial charge >= 0.3 is 6.18 Å². The summed E-state index contributed by atoms with van der Waals surface area (Å²) < 4.78 is 36.3. The van der Waals surface area contributed by atoms with Crippen LogP contribution in [-0.2, 0) is 6.18 Å². The van der Waals surface area contributed by atoms with Gasteiger partial charge in [-0.25, -0.2) is 4.98 Å². The Hall–Kier alpha value is -0.680. The Kier molecular flexibility index (Phi) is 2.58. The molecule has 2 nitrogen and oxygen atoms in total. The van der Waals surface area contributed by atoms with Crippen molar-refractivity contribution in [1.82, 2.24) is 4.98 Å². The van der Waals surface area contributed by atoms with Crippen molar-refractivity contribution in [3.05, 3.63) is 21.9 Å². The molecule has 13 heavy (non-hydrogen) atoms. The predicted octanol–water partition coefficient (Wildman–Crippen LogP) is 2.99. The molecule has 0 aromatic carbocycles. The van der Waals surface area contributed by atoms with Crippen molar-refractivity contribution in [1.29, 1.82) is 0 Å². The Balaban J connectivity index is 3.35. The maximum atomic E-state index is 12.1.